The lowest BCUT2D eigenvalue weighted by molar-refractivity contribution is -0.124. The predicted molar refractivity (Wildman–Crippen MR) is 90.8 cm³/mol. The Morgan fingerprint density at radius 2 is 1.71 bits per heavy atom. The molecule has 1 N–H and O–H groups in total. The first-order valence-electron chi connectivity index (χ1n) is 7.87. The standard InChI is InChI=1S/C19H22FNO3/c1-14(13-15-3-5-16(20)6-4-15)19(22)21-11-12-24-18-9-7-17(23-2)8-10-18/h3-10,14H,11-13H2,1-2H3,(H,21,22). The van der Waals surface area contributed by atoms with E-state index in [0.29, 0.717) is 19.6 Å². The zero-order valence-corrected chi connectivity index (χ0v) is 13.9. The molecule has 2 aromatic rings. The van der Waals surface area contributed by atoms with Crippen LogP contribution in [0.1, 0.15) is 12.5 Å². The second kappa shape index (κ2) is 8.91. The number of methoxy groups -OCH3 is 1. The van der Waals surface area contributed by atoms with E-state index < -0.39 is 0 Å². The van der Waals surface area contributed by atoms with Crippen LogP contribution in [0.5, 0.6) is 11.5 Å². The summed E-state index contributed by atoms with van der Waals surface area (Å²) in [6.45, 7) is 2.67. The summed E-state index contributed by atoms with van der Waals surface area (Å²) in [4.78, 5) is 12.1. The Balaban J connectivity index is 1.69. The van der Waals surface area contributed by atoms with E-state index in [0.717, 1.165) is 17.1 Å². The van der Waals surface area contributed by atoms with Gasteiger partial charge in [0.15, 0.2) is 0 Å². The molecule has 0 saturated carbocycles. The smallest absolute Gasteiger partial charge is 0.223 e. The Kier molecular flexibility index (Phi) is 6.61. The minimum atomic E-state index is -0.272. The largest absolute Gasteiger partial charge is 0.497 e. The summed E-state index contributed by atoms with van der Waals surface area (Å²) in [5.41, 5.74) is 0.938. The zero-order valence-electron chi connectivity index (χ0n) is 13.9. The van der Waals surface area contributed by atoms with E-state index >= 15 is 0 Å². The van der Waals surface area contributed by atoms with Crippen molar-refractivity contribution in [1.29, 1.82) is 0 Å². The van der Waals surface area contributed by atoms with Crippen LogP contribution in [0.2, 0.25) is 0 Å². The van der Waals surface area contributed by atoms with Crippen molar-refractivity contribution in [2.75, 3.05) is 20.3 Å². The van der Waals surface area contributed by atoms with Gasteiger partial charge in [0.25, 0.3) is 0 Å². The minimum Gasteiger partial charge on any atom is -0.497 e. The number of benzene rings is 2. The van der Waals surface area contributed by atoms with Crippen LogP contribution in [0.3, 0.4) is 0 Å². The summed E-state index contributed by atoms with van der Waals surface area (Å²) in [5.74, 6) is 0.996. The third-order valence-corrected chi connectivity index (χ3v) is 3.63. The predicted octanol–water partition coefficient (Wildman–Crippen LogP) is 3.21. The summed E-state index contributed by atoms with van der Waals surface area (Å²) >= 11 is 0. The number of nitrogens with one attached hydrogen (secondary N) is 1. The molecule has 0 aromatic heterocycles. The molecule has 0 aliphatic heterocycles. The SMILES string of the molecule is COc1ccc(OCCNC(=O)C(C)Cc2ccc(F)cc2)cc1. The maximum Gasteiger partial charge on any atom is 0.223 e. The van der Waals surface area contributed by atoms with Crippen molar-refractivity contribution < 1.29 is 18.7 Å². The van der Waals surface area contributed by atoms with Crippen molar-refractivity contribution in [2.24, 2.45) is 5.92 Å². The zero-order chi connectivity index (χ0) is 17.4. The Morgan fingerprint density at radius 1 is 1.08 bits per heavy atom. The highest BCUT2D eigenvalue weighted by Gasteiger charge is 2.13. The van der Waals surface area contributed by atoms with Gasteiger partial charge in [-0.2, -0.15) is 0 Å². The van der Waals surface area contributed by atoms with E-state index in [2.05, 4.69) is 5.32 Å². The summed E-state index contributed by atoms with van der Waals surface area (Å²) in [7, 11) is 1.61. The van der Waals surface area contributed by atoms with Crippen LogP contribution < -0.4 is 14.8 Å². The first-order chi connectivity index (χ1) is 11.6. The van der Waals surface area contributed by atoms with Crippen molar-refractivity contribution in [2.45, 2.75) is 13.3 Å². The molecule has 128 valence electrons. The molecule has 0 saturated heterocycles. The first-order valence-corrected chi connectivity index (χ1v) is 7.87. The van der Waals surface area contributed by atoms with Crippen molar-refractivity contribution in [1.82, 2.24) is 5.32 Å². The molecular formula is C19H22FNO3. The fourth-order valence-electron chi connectivity index (χ4n) is 2.26. The summed E-state index contributed by atoms with van der Waals surface area (Å²) in [5, 5.41) is 2.84. The molecule has 2 aromatic carbocycles. The van der Waals surface area contributed by atoms with Crippen molar-refractivity contribution >= 4 is 5.91 Å². The Labute approximate surface area is 141 Å². The van der Waals surface area contributed by atoms with Crippen LogP contribution in [-0.4, -0.2) is 26.2 Å². The van der Waals surface area contributed by atoms with Gasteiger partial charge in [-0.25, -0.2) is 4.39 Å². The molecule has 0 aliphatic carbocycles. The van der Waals surface area contributed by atoms with Gasteiger partial charge in [-0.05, 0) is 48.4 Å². The average molecular weight is 331 g/mol. The van der Waals surface area contributed by atoms with E-state index in [1.54, 1.807) is 19.2 Å². The van der Waals surface area contributed by atoms with Crippen molar-refractivity contribution in [3.05, 3.63) is 59.9 Å². The number of carbonyl (C=O) groups excluding carboxylic acids is 1. The van der Waals surface area contributed by atoms with Crippen LogP contribution >= 0.6 is 0 Å². The lowest BCUT2D eigenvalue weighted by atomic mass is 10.0. The summed E-state index contributed by atoms with van der Waals surface area (Å²) in [6.07, 6.45) is 0.575. The number of rotatable bonds is 8. The van der Waals surface area contributed by atoms with Gasteiger partial charge in [0.05, 0.1) is 13.7 Å². The number of carbonyl (C=O) groups is 1. The maximum absolute atomic E-state index is 12.9. The molecule has 0 bridgehead atoms. The van der Waals surface area contributed by atoms with E-state index in [1.165, 1.54) is 12.1 Å². The third-order valence-electron chi connectivity index (χ3n) is 3.63. The molecule has 1 atom stereocenters. The molecule has 0 fully saturated rings. The van der Waals surface area contributed by atoms with Gasteiger partial charge in [-0.3, -0.25) is 4.79 Å². The molecule has 2 rings (SSSR count). The van der Waals surface area contributed by atoms with Gasteiger partial charge >= 0.3 is 0 Å². The van der Waals surface area contributed by atoms with Crippen LogP contribution in [0.25, 0.3) is 0 Å². The quantitative estimate of drug-likeness (QED) is 0.756. The normalized spacial score (nSPS) is 11.6. The van der Waals surface area contributed by atoms with Crippen LogP contribution in [-0.2, 0) is 11.2 Å². The molecule has 4 nitrogen and oxygen atoms in total. The lowest BCUT2D eigenvalue weighted by Gasteiger charge is -2.13. The topological polar surface area (TPSA) is 47.6 Å². The molecule has 24 heavy (non-hydrogen) atoms. The number of halogens is 1. The van der Waals surface area contributed by atoms with Crippen molar-refractivity contribution in [3.8, 4) is 11.5 Å². The number of ether oxygens (including phenoxy) is 2. The second-order valence-electron chi connectivity index (χ2n) is 5.55. The molecule has 0 aliphatic rings. The number of hydrogen-bond acceptors (Lipinski definition) is 3. The molecule has 1 amide bonds. The molecule has 0 spiro atoms. The van der Waals surface area contributed by atoms with Gasteiger partial charge in [-0.15, -0.1) is 0 Å². The van der Waals surface area contributed by atoms with Gasteiger partial charge in [0.2, 0.25) is 5.91 Å². The first kappa shape index (κ1) is 17.8. The maximum atomic E-state index is 12.9. The third kappa shape index (κ3) is 5.57. The van der Waals surface area contributed by atoms with Crippen LogP contribution in [0, 0.1) is 11.7 Å². The highest BCUT2D eigenvalue weighted by Crippen LogP contribution is 2.16. The highest BCUT2D eigenvalue weighted by molar-refractivity contribution is 5.78. The molecule has 1 unspecified atom stereocenters. The molecule has 5 heteroatoms. The fourth-order valence-corrected chi connectivity index (χ4v) is 2.26. The van der Waals surface area contributed by atoms with E-state index in [1.807, 2.05) is 31.2 Å². The Morgan fingerprint density at radius 3 is 2.33 bits per heavy atom. The fraction of sp³-hybridized carbons (Fsp3) is 0.316. The highest BCUT2D eigenvalue weighted by atomic mass is 19.1. The van der Waals surface area contributed by atoms with Crippen LogP contribution in [0.4, 0.5) is 4.39 Å². The molecule has 0 radical (unpaired) electrons. The van der Waals surface area contributed by atoms with Gasteiger partial charge in [0.1, 0.15) is 23.9 Å². The second-order valence-corrected chi connectivity index (χ2v) is 5.55. The van der Waals surface area contributed by atoms with E-state index in [4.69, 9.17) is 9.47 Å². The Bertz CT molecular complexity index is 641. The monoisotopic (exact) mass is 331 g/mol. The number of amides is 1. The summed E-state index contributed by atoms with van der Waals surface area (Å²) < 4.78 is 23.5. The molecule has 0 heterocycles. The van der Waals surface area contributed by atoms with E-state index in [-0.39, 0.29) is 17.6 Å². The van der Waals surface area contributed by atoms with Gasteiger partial charge in [-0.1, -0.05) is 19.1 Å². The molecular weight excluding hydrogens is 309 g/mol. The summed E-state index contributed by atoms with van der Waals surface area (Å²) in [6, 6.07) is 13.5. The van der Waals surface area contributed by atoms with Crippen molar-refractivity contribution in [3.63, 3.8) is 0 Å². The average Bonchev–Trinajstić information content (AvgIpc) is 2.61. The van der Waals surface area contributed by atoms with Gasteiger partial charge in [0, 0.05) is 5.92 Å². The van der Waals surface area contributed by atoms with Gasteiger partial charge < -0.3 is 14.8 Å². The lowest BCUT2D eigenvalue weighted by Crippen LogP contribution is -2.33. The van der Waals surface area contributed by atoms with Crippen LogP contribution in [0.15, 0.2) is 48.5 Å². The number of hydrogen-bond donors (Lipinski definition) is 1. The van der Waals surface area contributed by atoms with E-state index in [9.17, 15) is 9.18 Å². The minimum absolute atomic E-state index is 0.0438. The Hall–Kier alpha value is -2.56.